The van der Waals surface area contributed by atoms with Gasteiger partial charge in [-0.3, -0.25) is 0 Å². The first-order valence-corrected chi connectivity index (χ1v) is 7.26. The van der Waals surface area contributed by atoms with Crippen LogP contribution in [-0.2, 0) is 0 Å². The fraction of sp³-hybridized carbons (Fsp3) is 0.143. The van der Waals surface area contributed by atoms with Gasteiger partial charge in [0.25, 0.3) is 0 Å². The van der Waals surface area contributed by atoms with Crippen LogP contribution in [0.2, 0.25) is 0 Å². The van der Waals surface area contributed by atoms with Crippen LogP contribution in [0.5, 0.6) is 0 Å². The van der Waals surface area contributed by atoms with Crippen LogP contribution < -0.4 is 21.2 Å². The fourth-order valence-corrected chi connectivity index (χ4v) is 4.78. The van der Waals surface area contributed by atoms with Gasteiger partial charge in [0.05, 0.1) is 0 Å². The van der Waals surface area contributed by atoms with E-state index in [4.69, 9.17) is 0 Å². The third-order valence-electron chi connectivity index (χ3n) is 2.74. The number of fused-ring (bicyclic) bond motifs is 3. The quantitative estimate of drug-likeness (QED) is 0.528. The number of hydrogen-bond donors (Lipinski definition) is 0. The van der Waals surface area contributed by atoms with Crippen LogP contribution in [0.15, 0.2) is 36.4 Å². The molecule has 0 N–H and O–H groups in total. The Bertz CT molecular complexity index is 492. The predicted molar refractivity (Wildman–Crippen MR) is 58.7 cm³/mol. The summed E-state index contributed by atoms with van der Waals surface area (Å²) in [6, 6.07) is 13.8. The normalized spacial score (nSPS) is 12.9. The zero-order valence-electron chi connectivity index (χ0n) is 8.84. The van der Waals surface area contributed by atoms with E-state index >= 15 is 0 Å². The summed E-state index contributed by atoms with van der Waals surface area (Å²) in [5.74, 6) is 0. The summed E-state index contributed by atoms with van der Waals surface area (Å²) in [5.41, 5.74) is 5.71. The second-order valence-electron chi connectivity index (χ2n) is 4.06. The van der Waals surface area contributed by atoms with E-state index in [1.807, 2.05) is 0 Å². The molecule has 2 aromatic rings. The molecule has 1 aliphatic heterocycles. The Morgan fingerprint density at radius 2 is 1.20 bits per heavy atom. The fourth-order valence-electron chi connectivity index (χ4n) is 1.97. The zero-order chi connectivity index (χ0) is 10.4. The van der Waals surface area contributed by atoms with Crippen LogP contribution >= 0.6 is 0 Å². The van der Waals surface area contributed by atoms with Crippen molar-refractivity contribution in [2.75, 3.05) is 0 Å². The predicted octanol–water partition coefficient (Wildman–Crippen LogP) is 0.412. The van der Waals surface area contributed by atoms with Crippen molar-refractivity contribution in [3.05, 3.63) is 54.7 Å². The standard InChI is InChI=1S/C14H12I/c1-9-3-5-13-11(7-9)12-8-10(2)4-6-14(12)15-13/h3-8H,1-2H3/q-1. The molecule has 0 saturated carbocycles. The summed E-state index contributed by atoms with van der Waals surface area (Å²) in [7, 11) is 0. The topological polar surface area (TPSA) is 0 Å². The second kappa shape index (κ2) is 3.34. The van der Waals surface area contributed by atoms with Crippen molar-refractivity contribution in [2.24, 2.45) is 0 Å². The van der Waals surface area contributed by atoms with Gasteiger partial charge in [-0.05, 0) is 0 Å². The molecule has 0 saturated heterocycles. The minimum atomic E-state index is 0.0772. The Morgan fingerprint density at radius 3 is 1.67 bits per heavy atom. The summed E-state index contributed by atoms with van der Waals surface area (Å²) in [6.07, 6.45) is 0. The molecule has 0 nitrogen and oxygen atoms in total. The molecule has 76 valence electrons. The molecule has 0 amide bonds. The molecular weight excluding hydrogens is 295 g/mol. The number of benzene rings is 2. The van der Waals surface area contributed by atoms with Gasteiger partial charge in [-0.25, -0.2) is 0 Å². The first kappa shape index (κ1) is 9.40. The van der Waals surface area contributed by atoms with Crippen molar-refractivity contribution >= 4 is 0 Å². The van der Waals surface area contributed by atoms with Crippen LogP contribution in [0.4, 0.5) is 0 Å². The van der Waals surface area contributed by atoms with Crippen molar-refractivity contribution < 1.29 is 21.2 Å². The van der Waals surface area contributed by atoms with E-state index in [2.05, 4.69) is 50.2 Å². The number of aryl methyl sites for hydroxylation is 2. The Morgan fingerprint density at radius 1 is 0.733 bits per heavy atom. The zero-order valence-corrected chi connectivity index (χ0v) is 11.0. The van der Waals surface area contributed by atoms with Crippen LogP contribution in [0.25, 0.3) is 11.1 Å². The molecule has 0 atom stereocenters. The minimum absolute atomic E-state index is 0.0772. The summed E-state index contributed by atoms with van der Waals surface area (Å²) in [4.78, 5) is 0. The van der Waals surface area contributed by atoms with E-state index in [1.54, 1.807) is 7.14 Å². The SMILES string of the molecule is Cc1ccc2c(c1)-c1cc(C)ccc1[I-]2. The van der Waals surface area contributed by atoms with Crippen molar-refractivity contribution in [1.29, 1.82) is 0 Å². The van der Waals surface area contributed by atoms with Crippen LogP contribution in [0.1, 0.15) is 11.1 Å². The van der Waals surface area contributed by atoms with E-state index in [1.165, 1.54) is 22.3 Å². The van der Waals surface area contributed by atoms with Gasteiger partial charge < -0.3 is 0 Å². The Kier molecular flexibility index (Phi) is 2.09. The van der Waals surface area contributed by atoms with Crippen molar-refractivity contribution in [1.82, 2.24) is 0 Å². The summed E-state index contributed by atoms with van der Waals surface area (Å²) in [5, 5.41) is 0. The Labute approximate surface area is 101 Å². The third kappa shape index (κ3) is 1.49. The monoisotopic (exact) mass is 307 g/mol. The van der Waals surface area contributed by atoms with Gasteiger partial charge in [0.1, 0.15) is 0 Å². The number of hydrogen-bond acceptors (Lipinski definition) is 0. The van der Waals surface area contributed by atoms with Gasteiger partial charge in [0.2, 0.25) is 0 Å². The van der Waals surface area contributed by atoms with E-state index in [0.29, 0.717) is 0 Å². The first-order chi connectivity index (χ1) is 7.24. The summed E-state index contributed by atoms with van der Waals surface area (Å²) in [6.45, 7) is 4.35. The van der Waals surface area contributed by atoms with E-state index in [0.717, 1.165) is 0 Å². The Hall–Kier alpha value is -0.830. The van der Waals surface area contributed by atoms with E-state index in [-0.39, 0.29) is 21.2 Å². The average molecular weight is 307 g/mol. The van der Waals surface area contributed by atoms with Crippen LogP contribution in [0.3, 0.4) is 0 Å². The van der Waals surface area contributed by atoms with E-state index in [9.17, 15) is 0 Å². The van der Waals surface area contributed by atoms with Gasteiger partial charge in [-0.1, -0.05) is 0 Å². The summed E-state index contributed by atoms with van der Waals surface area (Å²) >= 11 is 0.0772. The molecule has 0 unspecified atom stereocenters. The molecule has 0 aliphatic carbocycles. The second-order valence-corrected chi connectivity index (χ2v) is 6.92. The van der Waals surface area contributed by atoms with Gasteiger partial charge >= 0.3 is 101 Å². The van der Waals surface area contributed by atoms with Gasteiger partial charge in [0, 0.05) is 0 Å². The Balaban J connectivity index is 2.28. The van der Waals surface area contributed by atoms with Gasteiger partial charge in [-0.15, -0.1) is 0 Å². The van der Waals surface area contributed by atoms with Crippen molar-refractivity contribution in [2.45, 2.75) is 13.8 Å². The molecule has 3 rings (SSSR count). The molecule has 0 fully saturated rings. The van der Waals surface area contributed by atoms with Crippen molar-refractivity contribution in [3.8, 4) is 11.1 Å². The van der Waals surface area contributed by atoms with Crippen LogP contribution in [-0.4, -0.2) is 0 Å². The molecule has 0 aromatic heterocycles. The molecule has 2 aromatic carbocycles. The van der Waals surface area contributed by atoms with Gasteiger partial charge in [0.15, 0.2) is 0 Å². The van der Waals surface area contributed by atoms with Crippen LogP contribution in [0, 0.1) is 21.0 Å². The average Bonchev–Trinajstić information content (AvgIpc) is 2.56. The third-order valence-corrected chi connectivity index (χ3v) is 5.78. The van der Waals surface area contributed by atoms with E-state index < -0.39 is 0 Å². The number of rotatable bonds is 0. The maximum atomic E-state index is 2.33. The first-order valence-electron chi connectivity index (χ1n) is 5.10. The molecule has 1 heterocycles. The summed E-state index contributed by atoms with van der Waals surface area (Å²) < 4.78 is 3.17. The molecule has 0 spiro atoms. The molecule has 1 heteroatoms. The molecule has 0 radical (unpaired) electrons. The molecule has 15 heavy (non-hydrogen) atoms. The molecule has 1 aliphatic rings. The number of halogens is 1. The molecule has 0 bridgehead atoms. The molecular formula is C14H12I-. The van der Waals surface area contributed by atoms with Crippen molar-refractivity contribution in [3.63, 3.8) is 0 Å². The maximum absolute atomic E-state index is 2.33. The van der Waals surface area contributed by atoms with Gasteiger partial charge in [-0.2, -0.15) is 0 Å².